The maximum absolute atomic E-state index is 12.5. The third-order valence-corrected chi connectivity index (χ3v) is 7.06. The van der Waals surface area contributed by atoms with E-state index in [4.69, 9.17) is 9.47 Å². The number of esters is 2. The number of ether oxygens (including phenoxy) is 2. The van der Waals surface area contributed by atoms with Crippen LogP contribution in [0.3, 0.4) is 0 Å². The molecule has 0 aromatic heterocycles. The number of carbonyl (C=O) groups excluding carboxylic acids is 2. The zero-order chi connectivity index (χ0) is 18.2. The third kappa shape index (κ3) is 3.04. The minimum Gasteiger partial charge on any atom is -0.468 e. The number of cyclic esters (lactones) is 1. The summed E-state index contributed by atoms with van der Waals surface area (Å²) in [7, 11) is 1.50. The van der Waals surface area contributed by atoms with Gasteiger partial charge in [-0.05, 0) is 68.8 Å². The Bertz CT molecular complexity index is 644. The molecule has 25 heavy (non-hydrogen) atoms. The Morgan fingerprint density at radius 3 is 2.72 bits per heavy atom. The number of allylic oxidation sites excluding steroid dienone is 1. The quantitative estimate of drug-likeness (QED) is 0.561. The fraction of sp³-hybridized carbons (Fsp3) is 0.714. The molecule has 0 aromatic rings. The van der Waals surface area contributed by atoms with Crippen molar-refractivity contribution < 1.29 is 19.1 Å². The molecule has 2 aliphatic carbocycles. The summed E-state index contributed by atoms with van der Waals surface area (Å²) in [4.78, 5) is 23.8. The lowest BCUT2D eigenvalue weighted by molar-refractivity contribution is -0.150. The van der Waals surface area contributed by atoms with Crippen LogP contribution >= 0.6 is 0 Å². The van der Waals surface area contributed by atoms with Crippen LogP contribution in [0.4, 0.5) is 0 Å². The van der Waals surface area contributed by atoms with Gasteiger partial charge in [-0.15, -0.1) is 0 Å². The molecule has 4 heteroatoms. The highest BCUT2D eigenvalue weighted by molar-refractivity contribution is 5.85. The molecular weight excluding hydrogens is 316 g/mol. The molecule has 0 fully saturated rings. The molecule has 3 atom stereocenters. The summed E-state index contributed by atoms with van der Waals surface area (Å²) in [6.45, 7) is 7.19. The third-order valence-electron chi connectivity index (χ3n) is 7.06. The predicted octanol–water partition coefficient (Wildman–Crippen LogP) is 4.35. The van der Waals surface area contributed by atoms with E-state index in [9.17, 15) is 9.59 Å². The normalized spacial score (nSPS) is 35.1. The van der Waals surface area contributed by atoms with Crippen LogP contribution in [-0.4, -0.2) is 25.7 Å². The summed E-state index contributed by atoms with van der Waals surface area (Å²) in [6, 6.07) is 0. The summed E-state index contributed by atoms with van der Waals surface area (Å²) in [5.74, 6) is 0.270. The van der Waals surface area contributed by atoms with E-state index in [1.807, 2.05) is 0 Å². The molecule has 0 unspecified atom stereocenters. The van der Waals surface area contributed by atoms with E-state index < -0.39 is 5.41 Å². The minimum atomic E-state index is -0.463. The zero-order valence-corrected chi connectivity index (χ0v) is 15.9. The van der Waals surface area contributed by atoms with Gasteiger partial charge < -0.3 is 9.47 Å². The van der Waals surface area contributed by atoms with Gasteiger partial charge in [0.05, 0.1) is 12.5 Å². The molecule has 3 aliphatic rings. The molecular formula is C21H30O4. The van der Waals surface area contributed by atoms with Crippen LogP contribution in [0.2, 0.25) is 0 Å². The second-order valence-electron chi connectivity index (χ2n) is 8.40. The average molecular weight is 346 g/mol. The highest BCUT2D eigenvalue weighted by Gasteiger charge is 2.49. The van der Waals surface area contributed by atoms with Crippen molar-refractivity contribution in [1.29, 1.82) is 0 Å². The first-order chi connectivity index (χ1) is 11.8. The van der Waals surface area contributed by atoms with Gasteiger partial charge in [-0.1, -0.05) is 25.0 Å². The number of hydrogen-bond donors (Lipinski definition) is 0. The van der Waals surface area contributed by atoms with Crippen molar-refractivity contribution >= 4 is 11.9 Å². The highest BCUT2D eigenvalue weighted by atomic mass is 16.5. The maximum atomic E-state index is 12.5. The first-order valence-corrected chi connectivity index (χ1v) is 9.49. The fourth-order valence-corrected chi connectivity index (χ4v) is 5.11. The molecule has 0 bridgehead atoms. The van der Waals surface area contributed by atoms with E-state index in [2.05, 4.69) is 20.8 Å². The smallest absolute Gasteiger partial charge is 0.331 e. The average Bonchev–Trinajstić information content (AvgIpc) is 3.02. The summed E-state index contributed by atoms with van der Waals surface area (Å²) in [6.07, 6.45) is 8.65. The van der Waals surface area contributed by atoms with Crippen LogP contribution in [0.1, 0.15) is 65.7 Å². The second kappa shape index (κ2) is 6.62. The van der Waals surface area contributed by atoms with Gasteiger partial charge in [0.1, 0.15) is 6.61 Å². The first kappa shape index (κ1) is 18.2. The van der Waals surface area contributed by atoms with Crippen molar-refractivity contribution in [3.05, 3.63) is 22.8 Å². The van der Waals surface area contributed by atoms with Crippen molar-refractivity contribution in [1.82, 2.24) is 0 Å². The second-order valence-corrected chi connectivity index (χ2v) is 8.40. The number of carbonyl (C=O) groups is 2. The Hall–Kier alpha value is -1.58. The molecule has 1 heterocycles. The van der Waals surface area contributed by atoms with Gasteiger partial charge in [-0.2, -0.15) is 0 Å². The lowest BCUT2D eigenvalue weighted by Crippen LogP contribution is -2.42. The van der Waals surface area contributed by atoms with Crippen molar-refractivity contribution in [2.75, 3.05) is 13.7 Å². The zero-order valence-electron chi connectivity index (χ0n) is 15.9. The SMILES string of the molecule is COC(=O)[C@@]1(C)CCCC2=C1CC[C@H](C)[C@@]2(C)CCC1=CC(=O)OC1. The van der Waals surface area contributed by atoms with Crippen LogP contribution in [0.25, 0.3) is 0 Å². The molecule has 0 N–H and O–H groups in total. The van der Waals surface area contributed by atoms with Crippen molar-refractivity contribution in [3.63, 3.8) is 0 Å². The summed E-state index contributed by atoms with van der Waals surface area (Å²) in [5, 5.41) is 0. The molecule has 3 rings (SSSR count). The highest BCUT2D eigenvalue weighted by Crippen LogP contribution is 2.57. The van der Waals surface area contributed by atoms with Gasteiger partial charge in [0, 0.05) is 6.08 Å². The van der Waals surface area contributed by atoms with Crippen LogP contribution in [0.15, 0.2) is 22.8 Å². The molecule has 0 aromatic carbocycles. The van der Waals surface area contributed by atoms with E-state index in [1.165, 1.54) is 18.3 Å². The van der Waals surface area contributed by atoms with Crippen LogP contribution < -0.4 is 0 Å². The molecule has 0 radical (unpaired) electrons. The molecule has 138 valence electrons. The van der Waals surface area contributed by atoms with Gasteiger partial charge in [0.2, 0.25) is 0 Å². The van der Waals surface area contributed by atoms with Crippen molar-refractivity contribution in [3.8, 4) is 0 Å². The van der Waals surface area contributed by atoms with Crippen LogP contribution in [-0.2, 0) is 19.1 Å². The molecule has 1 aliphatic heterocycles. The maximum Gasteiger partial charge on any atom is 0.331 e. The summed E-state index contributed by atoms with van der Waals surface area (Å²) >= 11 is 0. The topological polar surface area (TPSA) is 52.6 Å². The van der Waals surface area contributed by atoms with Gasteiger partial charge in [0.15, 0.2) is 0 Å². The van der Waals surface area contributed by atoms with E-state index in [0.29, 0.717) is 12.5 Å². The lowest BCUT2D eigenvalue weighted by Gasteiger charge is -2.49. The van der Waals surface area contributed by atoms with E-state index in [-0.39, 0.29) is 17.4 Å². The molecule has 4 nitrogen and oxygen atoms in total. The summed E-state index contributed by atoms with van der Waals surface area (Å²) < 4.78 is 10.2. The monoisotopic (exact) mass is 346 g/mol. The Balaban J connectivity index is 1.91. The van der Waals surface area contributed by atoms with Crippen molar-refractivity contribution in [2.45, 2.75) is 65.7 Å². The Morgan fingerprint density at radius 1 is 1.32 bits per heavy atom. The molecule has 0 spiro atoms. The fourth-order valence-electron chi connectivity index (χ4n) is 5.11. The Labute approximate surface area is 150 Å². The van der Waals surface area contributed by atoms with E-state index in [0.717, 1.165) is 50.5 Å². The number of methoxy groups -OCH3 is 1. The largest absolute Gasteiger partial charge is 0.468 e. The molecule has 0 amide bonds. The predicted molar refractivity (Wildman–Crippen MR) is 95.8 cm³/mol. The van der Waals surface area contributed by atoms with Gasteiger partial charge >= 0.3 is 11.9 Å². The molecule has 0 saturated carbocycles. The van der Waals surface area contributed by atoms with Crippen molar-refractivity contribution in [2.24, 2.45) is 16.7 Å². The standard InChI is InChI=1S/C21H30O4/c1-14-7-8-17-16(6-5-10-21(17,3)19(23)24-4)20(14,2)11-9-15-12-18(22)25-13-15/h12,14H,5-11,13H2,1-4H3/t14-,20+,21-/m0/s1. The number of rotatable bonds is 4. The summed E-state index contributed by atoms with van der Waals surface area (Å²) in [5.41, 5.74) is 3.53. The van der Waals surface area contributed by atoms with Crippen LogP contribution in [0.5, 0.6) is 0 Å². The van der Waals surface area contributed by atoms with Gasteiger partial charge in [-0.3, -0.25) is 4.79 Å². The van der Waals surface area contributed by atoms with E-state index >= 15 is 0 Å². The molecule has 0 saturated heterocycles. The van der Waals surface area contributed by atoms with Gasteiger partial charge in [0.25, 0.3) is 0 Å². The Kier molecular flexibility index (Phi) is 4.82. The first-order valence-electron chi connectivity index (χ1n) is 9.49. The van der Waals surface area contributed by atoms with E-state index in [1.54, 1.807) is 6.08 Å². The number of hydrogen-bond acceptors (Lipinski definition) is 4. The van der Waals surface area contributed by atoms with Crippen LogP contribution in [0, 0.1) is 16.7 Å². The lowest BCUT2D eigenvalue weighted by atomic mass is 9.55. The van der Waals surface area contributed by atoms with Gasteiger partial charge in [-0.25, -0.2) is 4.79 Å². The minimum absolute atomic E-state index is 0.0791. The Morgan fingerprint density at radius 2 is 2.08 bits per heavy atom.